The molecule has 3 rings (SSSR count). The summed E-state index contributed by atoms with van der Waals surface area (Å²) in [4.78, 5) is 12.5. The van der Waals surface area contributed by atoms with E-state index in [0.29, 0.717) is 34.5 Å². The molecular weight excluding hydrogens is 487 g/mol. The Balaban J connectivity index is 1.62. The van der Waals surface area contributed by atoms with Crippen molar-refractivity contribution < 1.29 is 22.7 Å². The van der Waals surface area contributed by atoms with E-state index >= 15 is 0 Å². The van der Waals surface area contributed by atoms with Gasteiger partial charge in [0, 0.05) is 16.4 Å². The van der Waals surface area contributed by atoms with E-state index in [2.05, 4.69) is 10.0 Å². The predicted octanol–water partition coefficient (Wildman–Crippen LogP) is 5.60. The fraction of sp³-hybridized carbons (Fsp3) is 0.174. The maximum absolute atomic E-state index is 12.6. The van der Waals surface area contributed by atoms with Gasteiger partial charge in [0.2, 0.25) is 0 Å². The van der Waals surface area contributed by atoms with Gasteiger partial charge in [0.1, 0.15) is 11.5 Å². The summed E-state index contributed by atoms with van der Waals surface area (Å²) in [6.45, 7) is 3.96. The molecule has 0 radical (unpaired) electrons. The van der Waals surface area contributed by atoms with Gasteiger partial charge in [0.05, 0.1) is 16.5 Å². The molecule has 0 spiro atoms. The Morgan fingerprint density at radius 3 is 2.21 bits per heavy atom. The lowest BCUT2D eigenvalue weighted by molar-refractivity contribution is -0.122. The molecule has 7 nitrogen and oxygen atoms in total. The van der Waals surface area contributed by atoms with Crippen LogP contribution in [0.4, 0.5) is 11.4 Å². The normalized spacial score (nSPS) is 12.0. The third-order valence-corrected chi connectivity index (χ3v) is 6.34. The highest BCUT2D eigenvalue weighted by Gasteiger charge is 2.18. The van der Waals surface area contributed by atoms with Gasteiger partial charge in [-0.1, -0.05) is 23.2 Å². The van der Waals surface area contributed by atoms with Crippen LogP contribution in [0.1, 0.15) is 13.8 Å². The first kappa shape index (κ1) is 24.7. The number of anilines is 2. The Morgan fingerprint density at radius 1 is 0.970 bits per heavy atom. The fourth-order valence-corrected chi connectivity index (χ4v) is 4.29. The number of rotatable bonds is 9. The van der Waals surface area contributed by atoms with Gasteiger partial charge in [0.15, 0.2) is 6.10 Å². The Kier molecular flexibility index (Phi) is 8.07. The molecule has 10 heteroatoms. The van der Waals surface area contributed by atoms with Gasteiger partial charge in [-0.15, -0.1) is 0 Å². The SMILES string of the molecule is CCOc1ccc(NS(=O)(=O)c2ccc(NC(=O)[C@H](C)Oc3ccc(Cl)cc3Cl)cc2)cc1. The molecule has 1 amide bonds. The minimum Gasteiger partial charge on any atom is -0.494 e. The standard InChI is InChI=1S/C23H22Cl2N2O5S/c1-3-31-19-9-5-18(6-10-19)27-33(29,30)20-11-7-17(8-12-20)26-23(28)15(2)32-22-13-4-16(24)14-21(22)25/h4-15,27H,3H2,1-2H3,(H,26,28)/t15-/m0/s1. The van der Waals surface area contributed by atoms with Gasteiger partial charge < -0.3 is 14.8 Å². The van der Waals surface area contributed by atoms with Crippen molar-refractivity contribution in [2.24, 2.45) is 0 Å². The summed E-state index contributed by atoms with van der Waals surface area (Å²) in [5.41, 5.74) is 0.820. The highest BCUT2D eigenvalue weighted by Crippen LogP contribution is 2.28. The van der Waals surface area contributed by atoms with E-state index in [4.69, 9.17) is 32.7 Å². The summed E-state index contributed by atoms with van der Waals surface area (Å²) in [7, 11) is -3.80. The van der Waals surface area contributed by atoms with Crippen molar-refractivity contribution in [3.63, 3.8) is 0 Å². The Bertz CT molecular complexity index is 1220. The molecule has 0 aliphatic rings. The Morgan fingerprint density at radius 2 is 1.61 bits per heavy atom. The second kappa shape index (κ2) is 10.8. The van der Waals surface area contributed by atoms with E-state index in [1.165, 1.54) is 30.3 Å². The molecule has 3 aromatic rings. The van der Waals surface area contributed by atoms with Crippen molar-refractivity contribution in [1.29, 1.82) is 0 Å². The van der Waals surface area contributed by atoms with Crippen LogP contribution in [0.2, 0.25) is 10.0 Å². The molecule has 0 aromatic heterocycles. The van der Waals surface area contributed by atoms with E-state index < -0.39 is 22.0 Å². The second-order valence-electron chi connectivity index (χ2n) is 6.91. The number of benzene rings is 3. The van der Waals surface area contributed by atoms with Crippen molar-refractivity contribution in [2.75, 3.05) is 16.6 Å². The van der Waals surface area contributed by atoms with Crippen molar-refractivity contribution in [1.82, 2.24) is 0 Å². The molecule has 0 saturated carbocycles. The van der Waals surface area contributed by atoms with Gasteiger partial charge in [-0.25, -0.2) is 8.42 Å². The molecule has 3 aromatic carbocycles. The van der Waals surface area contributed by atoms with Crippen LogP contribution in [0.15, 0.2) is 71.6 Å². The zero-order valence-corrected chi connectivity index (χ0v) is 20.2. The van der Waals surface area contributed by atoms with Gasteiger partial charge in [-0.05, 0) is 80.6 Å². The predicted molar refractivity (Wildman–Crippen MR) is 130 cm³/mol. The zero-order chi connectivity index (χ0) is 24.0. The smallest absolute Gasteiger partial charge is 0.265 e. The summed E-state index contributed by atoms with van der Waals surface area (Å²) in [5, 5.41) is 3.42. The summed E-state index contributed by atoms with van der Waals surface area (Å²) in [6.07, 6.45) is -0.853. The molecule has 174 valence electrons. The summed E-state index contributed by atoms with van der Waals surface area (Å²) >= 11 is 11.9. The first-order valence-corrected chi connectivity index (χ1v) is 12.2. The topological polar surface area (TPSA) is 93.7 Å². The minimum atomic E-state index is -3.80. The quantitative estimate of drug-likeness (QED) is 0.392. The van der Waals surface area contributed by atoms with Crippen LogP contribution < -0.4 is 19.5 Å². The molecule has 1 atom stereocenters. The van der Waals surface area contributed by atoms with E-state index in [1.807, 2.05) is 6.92 Å². The van der Waals surface area contributed by atoms with Crippen LogP contribution in [0, 0.1) is 0 Å². The number of ether oxygens (including phenoxy) is 2. The molecule has 0 fully saturated rings. The number of carbonyl (C=O) groups is 1. The highest BCUT2D eigenvalue weighted by atomic mass is 35.5. The van der Waals surface area contributed by atoms with Crippen molar-refractivity contribution in [3.8, 4) is 11.5 Å². The Hall–Kier alpha value is -2.94. The van der Waals surface area contributed by atoms with Gasteiger partial charge in [-0.2, -0.15) is 0 Å². The largest absolute Gasteiger partial charge is 0.494 e. The lowest BCUT2D eigenvalue weighted by atomic mass is 10.3. The van der Waals surface area contributed by atoms with Gasteiger partial charge >= 0.3 is 0 Å². The first-order valence-electron chi connectivity index (χ1n) is 9.96. The molecule has 0 aliphatic carbocycles. The van der Waals surface area contributed by atoms with Crippen LogP contribution in [-0.2, 0) is 14.8 Å². The van der Waals surface area contributed by atoms with Crippen molar-refractivity contribution in [2.45, 2.75) is 24.8 Å². The molecule has 0 bridgehead atoms. The van der Waals surface area contributed by atoms with Crippen LogP contribution in [0.5, 0.6) is 11.5 Å². The van der Waals surface area contributed by atoms with Crippen LogP contribution in [0.3, 0.4) is 0 Å². The number of amides is 1. The molecule has 0 aliphatic heterocycles. The maximum Gasteiger partial charge on any atom is 0.265 e. The first-order chi connectivity index (χ1) is 15.7. The van der Waals surface area contributed by atoms with E-state index in [9.17, 15) is 13.2 Å². The summed E-state index contributed by atoms with van der Waals surface area (Å²) in [5.74, 6) is 0.548. The van der Waals surface area contributed by atoms with Crippen LogP contribution in [-0.4, -0.2) is 27.0 Å². The molecule has 0 unspecified atom stereocenters. The minimum absolute atomic E-state index is 0.0478. The van der Waals surface area contributed by atoms with Gasteiger partial charge in [-0.3, -0.25) is 9.52 Å². The van der Waals surface area contributed by atoms with Crippen molar-refractivity contribution >= 4 is 50.5 Å². The third kappa shape index (κ3) is 6.77. The fourth-order valence-electron chi connectivity index (χ4n) is 2.78. The second-order valence-corrected chi connectivity index (χ2v) is 9.44. The van der Waals surface area contributed by atoms with Crippen LogP contribution >= 0.6 is 23.2 Å². The number of hydrogen-bond donors (Lipinski definition) is 2. The zero-order valence-electron chi connectivity index (χ0n) is 17.8. The number of nitrogens with one attached hydrogen (secondary N) is 2. The molecule has 0 saturated heterocycles. The van der Waals surface area contributed by atoms with Crippen LogP contribution in [0.25, 0.3) is 0 Å². The third-order valence-electron chi connectivity index (χ3n) is 4.42. The van der Waals surface area contributed by atoms with E-state index in [1.54, 1.807) is 43.3 Å². The average Bonchev–Trinajstić information content (AvgIpc) is 2.77. The lowest BCUT2D eigenvalue weighted by Gasteiger charge is -2.16. The molecule has 0 heterocycles. The number of hydrogen-bond acceptors (Lipinski definition) is 5. The highest BCUT2D eigenvalue weighted by molar-refractivity contribution is 7.92. The lowest BCUT2D eigenvalue weighted by Crippen LogP contribution is -2.30. The van der Waals surface area contributed by atoms with E-state index in [-0.39, 0.29) is 9.92 Å². The molecule has 33 heavy (non-hydrogen) atoms. The number of sulfonamides is 1. The molecular formula is C23H22Cl2N2O5S. The summed E-state index contributed by atoms with van der Waals surface area (Å²) in [6, 6.07) is 17.1. The number of halogens is 2. The summed E-state index contributed by atoms with van der Waals surface area (Å²) < 4.78 is 38.7. The maximum atomic E-state index is 12.6. The van der Waals surface area contributed by atoms with E-state index in [0.717, 1.165) is 0 Å². The Labute approximate surface area is 202 Å². The van der Waals surface area contributed by atoms with Gasteiger partial charge in [0.25, 0.3) is 15.9 Å². The number of carbonyl (C=O) groups excluding carboxylic acids is 1. The monoisotopic (exact) mass is 508 g/mol. The molecule has 2 N–H and O–H groups in total. The van der Waals surface area contributed by atoms with Crippen molar-refractivity contribution in [3.05, 3.63) is 76.8 Å². The average molecular weight is 509 g/mol.